The number of hydrogen-bond donors (Lipinski definition) is 2. The van der Waals surface area contributed by atoms with E-state index >= 15 is 0 Å². The monoisotopic (exact) mass is 538 g/mol. The Morgan fingerprint density at radius 2 is 1.87 bits per heavy atom. The molecule has 2 aromatic carbocycles. The predicted molar refractivity (Wildman–Crippen MR) is 139 cm³/mol. The van der Waals surface area contributed by atoms with Gasteiger partial charge in [-0.15, -0.1) is 24.0 Å². The molecule has 1 aliphatic heterocycles. The number of halogens is 1. The summed E-state index contributed by atoms with van der Waals surface area (Å²) in [6.45, 7) is 4.29. The van der Waals surface area contributed by atoms with Gasteiger partial charge in [0.2, 0.25) is 0 Å². The fourth-order valence-corrected chi connectivity index (χ4v) is 3.68. The molecule has 2 N–H and O–H groups in total. The zero-order valence-electron chi connectivity index (χ0n) is 18.5. The lowest BCUT2D eigenvalue weighted by Gasteiger charge is -2.22. The highest BCUT2D eigenvalue weighted by molar-refractivity contribution is 14.0. The smallest absolute Gasteiger partial charge is 0.191 e. The van der Waals surface area contributed by atoms with Gasteiger partial charge in [0.15, 0.2) is 5.96 Å². The molecule has 0 bridgehead atoms. The predicted octanol–water partition coefficient (Wildman–Crippen LogP) is 4.05. The molecule has 1 saturated heterocycles. The molecule has 0 amide bonds. The van der Waals surface area contributed by atoms with Crippen LogP contribution in [0, 0.1) is 0 Å². The standard InChI is InChI=1S/C24H34N4O2.HI/c1-25-24(26-15-8-9-17-30-19-20-10-4-3-5-11-20)27-21-14-16-28(18-21)22-12-6-7-13-23(22)29-2;/h3-7,10-13,21H,8-9,14-19H2,1-2H3,(H2,25,26,27);1H. The van der Waals surface area contributed by atoms with Gasteiger partial charge in [0.25, 0.3) is 0 Å². The molecule has 2 aromatic rings. The van der Waals surface area contributed by atoms with Gasteiger partial charge >= 0.3 is 0 Å². The molecule has 6 nitrogen and oxygen atoms in total. The number of ether oxygens (including phenoxy) is 2. The maximum absolute atomic E-state index is 5.74. The zero-order chi connectivity index (χ0) is 21.0. The summed E-state index contributed by atoms with van der Waals surface area (Å²) >= 11 is 0. The normalized spacial score (nSPS) is 16.0. The number of guanidine groups is 1. The Morgan fingerprint density at radius 1 is 1.10 bits per heavy atom. The summed E-state index contributed by atoms with van der Waals surface area (Å²) < 4.78 is 11.2. The molecule has 0 aliphatic carbocycles. The van der Waals surface area contributed by atoms with E-state index in [-0.39, 0.29) is 24.0 Å². The number of unbranched alkanes of at least 4 members (excludes halogenated alkanes) is 1. The van der Waals surface area contributed by atoms with Crippen molar-refractivity contribution < 1.29 is 9.47 Å². The minimum Gasteiger partial charge on any atom is -0.495 e. The van der Waals surface area contributed by atoms with Crippen molar-refractivity contribution in [2.24, 2.45) is 4.99 Å². The molecule has 0 aromatic heterocycles. The molecule has 1 aliphatic rings. The van der Waals surface area contributed by atoms with E-state index in [1.165, 1.54) is 5.56 Å². The number of hydrogen-bond acceptors (Lipinski definition) is 4. The molecule has 0 spiro atoms. The molecule has 1 heterocycles. The number of methoxy groups -OCH3 is 1. The first kappa shape index (κ1) is 25.3. The van der Waals surface area contributed by atoms with Gasteiger partial charge in [-0.1, -0.05) is 42.5 Å². The van der Waals surface area contributed by atoms with Crippen LogP contribution in [0.3, 0.4) is 0 Å². The quantitative estimate of drug-likeness (QED) is 0.207. The number of anilines is 1. The first-order valence-corrected chi connectivity index (χ1v) is 10.8. The minimum absolute atomic E-state index is 0. The summed E-state index contributed by atoms with van der Waals surface area (Å²) in [6.07, 6.45) is 3.15. The lowest BCUT2D eigenvalue weighted by atomic mass is 10.2. The molecule has 1 fully saturated rings. The van der Waals surface area contributed by atoms with E-state index in [4.69, 9.17) is 9.47 Å². The first-order valence-electron chi connectivity index (χ1n) is 10.8. The van der Waals surface area contributed by atoms with Crippen LogP contribution < -0.4 is 20.3 Å². The second kappa shape index (κ2) is 14.1. The maximum Gasteiger partial charge on any atom is 0.191 e. The van der Waals surface area contributed by atoms with Crippen molar-refractivity contribution in [3.63, 3.8) is 0 Å². The average Bonchev–Trinajstić information content (AvgIpc) is 3.26. The molecular weight excluding hydrogens is 503 g/mol. The van der Waals surface area contributed by atoms with Crippen molar-refractivity contribution in [3.05, 3.63) is 60.2 Å². The van der Waals surface area contributed by atoms with Gasteiger partial charge in [0, 0.05) is 39.3 Å². The van der Waals surface area contributed by atoms with Crippen LogP contribution in [0.1, 0.15) is 24.8 Å². The number of para-hydroxylation sites is 2. The Hall–Kier alpha value is -2.00. The highest BCUT2D eigenvalue weighted by atomic mass is 127. The Morgan fingerprint density at radius 3 is 2.65 bits per heavy atom. The summed E-state index contributed by atoms with van der Waals surface area (Å²) in [5, 5.41) is 6.97. The van der Waals surface area contributed by atoms with Gasteiger partial charge in [0.1, 0.15) is 5.75 Å². The second-order valence-corrected chi connectivity index (χ2v) is 7.49. The van der Waals surface area contributed by atoms with E-state index in [1.807, 2.05) is 37.4 Å². The molecule has 3 rings (SSSR count). The summed E-state index contributed by atoms with van der Waals surface area (Å²) in [6, 6.07) is 18.9. The topological polar surface area (TPSA) is 58.1 Å². The lowest BCUT2D eigenvalue weighted by molar-refractivity contribution is 0.117. The summed E-state index contributed by atoms with van der Waals surface area (Å²) in [7, 11) is 3.55. The van der Waals surface area contributed by atoms with Crippen LogP contribution in [-0.2, 0) is 11.3 Å². The highest BCUT2D eigenvalue weighted by Gasteiger charge is 2.25. The molecular formula is C24H35IN4O2. The van der Waals surface area contributed by atoms with Gasteiger partial charge in [-0.05, 0) is 37.0 Å². The van der Waals surface area contributed by atoms with Gasteiger partial charge in [-0.3, -0.25) is 4.99 Å². The van der Waals surface area contributed by atoms with Crippen LogP contribution in [0.2, 0.25) is 0 Å². The number of rotatable bonds is 10. The molecule has 170 valence electrons. The fraction of sp³-hybridized carbons (Fsp3) is 0.458. The van der Waals surface area contributed by atoms with E-state index in [0.29, 0.717) is 12.6 Å². The van der Waals surface area contributed by atoms with Gasteiger partial charge in [0.05, 0.1) is 19.4 Å². The first-order chi connectivity index (χ1) is 14.8. The van der Waals surface area contributed by atoms with E-state index in [0.717, 1.165) is 62.9 Å². The Labute approximate surface area is 203 Å². The van der Waals surface area contributed by atoms with E-state index in [2.05, 4.69) is 44.8 Å². The second-order valence-electron chi connectivity index (χ2n) is 7.49. The molecule has 31 heavy (non-hydrogen) atoms. The number of nitrogens with zero attached hydrogens (tertiary/aromatic N) is 2. The molecule has 7 heteroatoms. The SMILES string of the molecule is CN=C(NCCCCOCc1ccccc1)NC1CCN(c2ccccc2OC)C1.I. The van der Waals surface area contributed by atoms with E-state index < -0.39 is 0 Å². The third kappa shape index (κ3) is 8.22. The molecule has 1 atom stereocenters. The van der Waals surface area contributed by atoms with Crippen LogP contribution in [0.25, 0.3) is 0 Å². The lowest BCUT2D eigenvalue weighted by Crippen LogP contribution is -2.44. The minimum atomic E-state index is 0. The third-order valence-electron chi connectivity index (χ3n) is 5.30. The van der Waals surface area contributed by atoms with Crippen molar-refractivity contribution in [2.75, 3.05) is 45.3 Å². The summed E-state index contributed by atoms with van der Waals surface area (Å²) in [5.74, 6) is 1.79. The van der Waals surface area contributed by atoms with Crippen molar-refractivity contribution >= 4 is 35.6 Å². The van der Waals surface area contributed by atoms with Crippen molar-refractivity contribution in [3.8, 4) is 5.75 Å². The number of aliphatic imine (C=N–C) groups is 1. The van der Waals surface area contributed by atoms with Crippen molar-refractivity contribution in [1.82, 2.24) is 10.6 Å². The maximum atomic E-state index is 5.74. The highest BCUT2D eigenvalue weighted by Crippen LogP contribution is 2.30. The summed E-state index contributed by atoms with van der Waals surface area (Å²) in [4.78, 5) is 6.75. The number of nitrogens with one attached hydrogen (secondary N) is 2. The van der Waals surface area contributed by atoms with Gasteiger partial charge in [-0.25, -0.2) is 0 Å². The van der Waals surface area contributed by atoms with Crippen LogP contribution in [0.15, 0.2) is 59.6 Å². The molecule has 0 radical (unpaired) electrons. The van der Waals surface area contributed by atoms with E-state index in [9.17, 15) is 0 Å². The van der Waals surface area contributed by atoms with Gasteiger partial charge < -0.3 is 25.0 Å². The zero-order valence-corrected chi connectivity index (χ0v) is 20.9. The van der Waals surface area contributed by atoms with Crippen LogP contribution in [-0.4, -0.2) is 52.4 Å². The molecule has 1 unspecified atom stereocenters. The van der Waals surface area contributed by atoms with Crippen LogP contribution >= 0.6 is 24.0 Å². The largest absolute Gasteiger partial charge is 0.495 e. The third-order valence-corrected chi connectivity index (χ3v) is 5.30. The van der Waals surface area contributed by atoms with Crippen LogP contribution in [0.4, 0.5) is 5.69 Å². The Balaban J connectivity index is 0.00000341. The van der Waals surface area contributed by atoms with Crippen molar-refractivity contribution in [2.45, 2.75) is 31.9 Å². The fourth-order valence-electron chi connectivity index (χ4n) is 3.68. The number of benzene rings is 2. The van der Waals surface area contributed by atoms with E-state index in [1.54, 1.807) is 7.11 Å². The van der Waals surface area contributed by atoms with Crippen molar-refractivity contribution in [1.29, 1.82) is 0 Å². The Bertz CT molecular complexity index is 788. The Kier molecular flexibility index (Phi) is 11.5. The molecule has 0 saturated carbocycles. The average molecular weight is 538 g/mol. The van der Waals surface area contributed by atoms with Gasteiger partial charge in [-0.2, -0.15) is 0 Å². The summed E-state index contributed by atoms with van der Waals surface area (Å²) in [5.41, 5.74) is 2.38. The van der Waals surface area contributed by atoms with Crippen LogP contribution in [0.5, 0.6) is 5.75 Å².